The molecule has 0 aliphatic rings. The van der Waals surface area contributed by atoms with Crippen LogP contribution in [-0.4, -0.2) is 5.91 Å². The van der Waals surface area contributed by atoms with Gasteiger partial charge in [0.05, 0.1) is 5.69 Å². The first kappa shape index (κ1) is 14.7. The molecule has 0 aromatic heterocycles. The molecule has 3 aromatic carbocycles. The highest BCUT2D eigenvalue weighted by Crippen LogP contribution is 2.30. The SMILES string of the molecule is Nc1ccc(-c2ccc(N)cc2NC(=O)c2ccccc2)cc1. The Balaban J connectivity index is 1.97. The topological polar surface area (TPSA) is 81.1 Å². The van der Waals surface area contributed by atoms with Crippen LogP contribution in [0.15, 0.2) is 72.8 Å². The van der Waals surface area contributed by atoms with Gasteiger partial charge in [0.25, 0.3) is 5.91 Å². The highest BCUT2D eigenvalue weighted by molar-refractivity contribution is 6.06. The number of hydrogen-bond acceptors (Lipinski definition) is 3. The first-order valence-electron chi connectivity index (χ1n) is 7.25. The van der Waals surface area contributed by atoms with Gasteiger partial charge in [-0.3, -0.25) is 4.79 Å². The number of nitrogens with two attached hydrogens (primary N) is 2. The van der Waals surface area contributed by atoms with Crippen molar-refractivity contribution in [3.05, 3.63) is 78.4 Å². The molecule has 0 saturated carbocycles. The van der Waals surface area contributed by atoms with Crippen LogP contribution >= 0.6 is 0 Å². The van der Waals surface area contributed by atoms with E-state index in [1.165, 1.54) is 0 Å². The molecule has 0 bridgehead atoms. The Morgan fingerprint density at radius 2 is 1.43 bits per heavy atom. The second kappa shape index (κ2) is 6.23. The predicted octanol–water partition coefficient (Wildman–Crippen LogP) is 3.77. The van der Waals surface area contributed by atoms with Crippen LogP contribution in [0.25, 0.3) is 11.1 Å². The molecule has 0 spiro atoms. The van der Waals surface area contributed by atoms with E-state index in [1.54, 1.807) is 18.2 Å². The van der Waals surface area contributed by atoms with E-state index in [-0.39, 0.29) is 5.91 Å². The Labute approximate surface area is 134 Å². The Kier molecular flexibility index (Phi) is 3.97. The zero-order chi connectivity index (χ0) is 16.2. The van der Waals surface area contributed by atoms with Gasteiger partial charge in [0.15, 0.2) is 0 Å². The summed E-state index contributed by atoms with van der Waals surface area (Å²) in [7, 11) is 0. The van der Waals surface area contributed by atoms with Crippen LogP contribution in [-0.2, 0) is 0 Å². The standard InChI is InChI=1S/C19H17N3O/c20-15-8-6-13(7-9-15)17-11-10-16(21)12-18(17)22-19(23)14-4-2-1-3-5-14/h1-12H,20-21H2,(H,22,23). The minimum atomic E-state index is -0.173. The number of carbonyl (C=O) groups is 1. The van der Waals surface area contributed by atoms with Crippen molar-refractivity contribution in [3.8, 4) is 11.1 Å². The normalized spacial score (nSPS) is 10.3. The van der Waals surface area contributed by atoms with Gasteiger partial charge in [-0.25, -0.2) is 0 Å². The number of anilines is 3. The fraction of sp³-hybridized carbons (Fsp3) is 0. The molecule has 0 saturated heterocycles. The van der Waals surface area contributed by atoms with E-state index in [0.717, 1.165) is 11.1 Å². The van der Waals surface area contributed by atoms with Crippen LogP contribution < -0.4 is 16.8 Å². The zero-order valence-corrected chi connectivity index (χ0v) is 12.5. The third-order valence-electron chi connectivity index (χ3n) is 3.55. The summed E-state index contributed by atoms with van der Waals surface area (Å²) in [6.07, 6.45) is 0. The predicted molar refractivity (Wildman–Crippen MR) is 95.1 cm³/mol. The molecule has 3 rings (SSSR count). The fourth-order valence-electron chi connectivity index (χ4n) is 2.36. The van der Waals surface area contributed by atoms with Crippen LogP contribution in [0.1, 0.15) is 10.4 Å². The van der Waals surface area contributed by atoms with E-state index in [0.29, 0.717) is 22.6 Å². The highest BCUT2D eigenvalue weighted by Gasteiger charge is 2.10. The van der Waals surface area contributed by atoms with Crippen molar-refractivity contribution in [2.75, 3.05) is 16.8 Å². The van der Waals surface area contributed by atoms with Crippen molar-refractivity contribution in [1.82, 2.24) is 0 Å². The van der Waals surface area contributed by atoms with E-state index in [4.69, 9.17) is 11.5 Å². The van der Waals surface area contributed by atoms with Crippen LogP contribution in [0.5, 0.6) is 0 Å². The molecule has 0 aliphatic heterocycles. The molecule has 114 valence electrons. The van der Waals surface area contributed by atoms with Gasteiger partial charge in [0.2, 0.25) is 0 Å². The largest absolute Gasteiger partial charge is 0.399 e. The van der Waals surface area contributed by atoms with Crippen molar-refractivity contribution >= 4 is 23.0 Å². The van der Waals surface area contributed by atoms with Gasteiger partial charge in [-0.2, -0.15) is 0 Å². The lowest BCUT2D eigenvalue weighted by Crippen LogP contribution is -2.12. The van der Waals surface area contributed by atoms with Gasteiger partial charge >= 0.3 is 0 Å². The van der Waals surface area contributed by atoms with Gasteiger partial charge in [-0.1, -0.05) is 36.4 Å². The third-order valence-corrected chi connectivity index (χ3v) is 3.55. The molecule has 0 radical (unpaired) electrons. The first-order chi connectivity index (χ1) is 11.1. The number of nitrogens with one attached hydrogen (secondary N) is 1. The van der Waals surface area contributed by atoms with Gasteiger partial charge in [0, 0.05) is 22.5 Å². The summed E-state index contributed by atoms with van der Waals surface area (Å²) in [5.74, 6) is -0.173. The minimum Gasteiger partial charge on any atom is -0.399 e. The van der Waals surface area contributed by atoms with Crippen molar-refractivity contribution in [2.24, 2.45) is 0 Å². The number of rotatable bonds is 3. The Morgan fingerprint density at radius 3 is 2.13 bits per heavy atom. The fourth-order valence-corrected chi connectivity index (χ4v) is 2.36. The summed E-state index contributed by atoms with van der Waals surface area (Å²) in [6, 6.07) is 22.0. The smallest absolute Gasteiger partial charge is 0.255 e. The Morgan fingerprint density at radius 1 is 0.783 bits per heavy atom. The quantitative estimate of drug-likeness (QED) is 0.644. The summed E-state index contributed by atoms with van der Waals surface area (Å²) in [6.45, 7) is 0. The molecule has 5 N–H and O–H groups in total. The highest BCUT2D eigenvalue weighted by atomic mass is 16.1. The second-order valence-corrected chi connectivity index (χ2v) is 5.25. The maximum absolute atomic E-state index is 12.4. The van der Waals surface area contributed by atoms with Crippen molar-refractivity contribution in [3.63, 3.8) is 0 Å². The van der Waals surface area contributed by atoms with Crippen molar-refractivity contribution < 1.29 is 4.79 Å². The van der Waals surface area contributed by atoms with E-state index in [9.17, 15) is 4.79 Å². The Bertz CT molecular complexity index is 827. The summed E-state index contributed by atoms with van der Waals surface area (Å²) in [5, 5.41) is 2.93. The summed E-state index contributed by atoms with van der Waals surface area (Å²) in [5.41, 5.74) is 16.0. The lowest BCUT2D eigenvalue weighted by atomic mass is 10.0. The van der Waals surface area contributed by atoms with Gasteiger partial charge in [0.1, 0.15) is 0 Å². The Hall–Kier alpha value is -3.27. The van der Waals surface area contributed by atoms with Crippen LogP contribution in [0.3, 0.4) is 0 Å². The summed E-state index contributed by atoms with van der Waals surface area (Å²) in [4.78, 5) is 12.4. The molecule has 0 unspecified atom stereocenters. The number of hydrogen-bond donors (Lipinski definition) is 3. The maximum Gasteiger partial charge on any atom is 0.255 e. The molecule has 0 aliphatic carbocycles. The number of amides is 1. The van der Waals surface area contributed by atoms with Gasteiger partial charge in [-0.15, -0.1) is 0 Å². The second-order valence-electron chi connectivity index (χ2n) is 5.25. The molecular weight excluding hydrogens is 286 g/mol. The van der Waals surface area contributed by atoms with Gasteiger partial charge < -0.3 is 16.8 Å². The van der Waals surface area contributed by atoms with Crippen LogP contribution in [0.4, 0.5) is 17.1 Å². The number of carbonyl (C=O) groups excluding carboxylic acids is 1. The van der Waals surface area contributed by atoms with Crippen molar-refractivity contribution in [1.29, 1.82) is 0 Å². The molecule has 4 nitrogen and oxygen atoms in total. The molecule has 3 aromatic rings. The average Bonchev–Trinajstić information content (AvgIpc) is 2.57. The first-order valence-corrected chi connectivity index (χ1v) is 7.25. The summed E-state index contributed by atoms with van der Waals surface area (Å²) >= 11 is 0. The van der Waals surface area contributed by atoms with Crippen molar-refractivity contribution in [2.45, 2.75) is 0 Å². The third kappa shape index (κ3) is 3.32. The maximum atomic E-state index is 12.4. The van der Waals surface area contributed by atoms with Crippen LogP contribution in [0, 0.1) is 0 Å². The van der Waals surface area contributed by atoms with E-state index in [2.05, 4.69) is 5.32 Å². The zero-order valence-electron chi connectivity index (χ0n) is 12.5. The van der Waals surface area contributed by atoms with Gasteiger partial charge in [-0.05, 0) is 42.0 Å². The average molecular weight is 303 g/mol. The monoisotopic (exact) mass is 303 g/mol. The molecule has 4 heteroatoms. The molecule has 1 amide bonds. The molecule has 0 heterocycles. The van der Waals surface area contributed by atoms with Crippen LogP contribution in [0.2, 0.25) is 0 Å². The lowest BCUT2D eigenvalue weighted by Gasteiger charge is -2.13. The minimum absolute atomic E-state index is 0.173. The van der Waals surface area contributed by atoms with E-state index < -0.39 is 0 Å². The molecule has 23 heavy (non-hydrogen) atoms. The molecule has 0 fully saturated rings. The van der Waals surface area contributed by atoms with E-state index >= 15 is 0 Å². The molecule has 0 atom stereocenters. The van der Waals surface area contributed by atoms with E-state index in [1.807, 2.05) is 54.6 Å². The lowest BCUT2D eigenvalue weighted by molar-refractivity contribution is 0.102. The summed E-state index contributed by atoms with van der Waals surface area (Å²) < 4.78 is 0. The number of benzene rings is 3. The number of nitrogen functional groups attached to an aromatic ring is 2. The molecular formula is C19H17N3O.